The standard InChI is InChI=1S/C10H25NO4Si/c1-7-9(3)15-11-10(8-2)16(12-4,13-5)14-6/h9-11H,7-8H2,1-6H3. The van der Waals surface area contributed by atoms with Crippen molar-refractivity contribution in [3.05, 3.63) is 0 Å². The lowest BCUT2D eigenvalue weighted by Crippen LogP contribution is -2.60. The summed E-state index contributed by atoms with van der Waals surface area (Å²) in [5.74, 6) is 0. The van der Waals surface area contributed by atoms with Gasteiger partial charge in [0.05, 0.1) is 6.10 Å². The summed E-state index contributed by atoms with van der Waals surface area (Å²) in [6, 6.07) is 0. The summed E-state index contributed by atoms with van der Waals surface area (Å²) in [6.07, 6.45) is 1.93. The van der Waals surface area contributed by atoms with E-state index in [1.807, 2.05) is 13.8 Å². The molecule has 98 valence electrons. The molecule has 0 aliphatic heterocycles. The predicted octanol–water partition coefficient (Wildman–Crippen LogP) is 1.50. The lowest BCUT2D eigenvalue weighted by Gasteiger charge is -2.32. The van der Waals surface area contributed by atoms with E-state index < -0.39 is 8.80 Å². The summed E-state index contributed by atoms with van der Waals surface area (Å²) in [4.78, 5) is 5.50. The summed E-state index contributed by atoms with van der Waals surface area (Å²) >= 11 is 0. The van der Waals surface area contributed by atoms with Crippen molar-refractivity contribution in [2.24, 2.45) is 0 Å². The van der Waals surface area contributed by atoms with Gasteiger partial charge in [-0.05, 0) is 19.8 Å². The second kappa shape index (κ2) is 8.16. The van der Waals surface area contributed by atoms with Crippen LogP contribution in [0.15, 0.2) is 0 Å². The van der Waals surface area contributed by atoms with Crippen LogP contribution in [0.3, 0.4) is 0 Å². The minimum atomic E-state index is -2.66. The Labute approximate surface area is 99.7 Å². The molecule has 0 saturated carbocycles. The Balaban J connectivity index is 4.43. The fourth-order valence-corrected chi connectivity index (χ4v) is 3.43. The van der Waals surface area contributed by atoms with Crippen molar-refractivity contribution in [1.82, 2.24) is 5.48 Å². The first kappa shape index (κ1) is 16.0. The third-order valence-electron chi connectivity index (χ3n) is 2.67. The van der Waals surface area contributed by atoms with Gasteiger partial charge < -0.3 is 13.3 Å². The summed E-state index contributed by atoms with van der Waals surface area (Å²) in [6.45, 7) is 6.12. The lowest BCUT2D eigenvalue weighted by atomic mass is 10.3. The van der Waals surface area contributed by atoms with Crippen molar-refractivity contribution in [3.8, 4) is 0 Å². The summed E-state index contributed by atoms with van der Waals surface area (Å²) in [5.41, 5.74) is 2.95. The molecule has 0 aliphatic carbocycles. The number of hydrogen-bond donors (Lipinski definition) is 1. The molecule has 0 fully saturated rings. The molecular weight excluding hydrogens is 226 g/mol. The van der Waals surface area contributed by atoms with Gasteiger partial charge in [0.2, 0.25) is 0 Å². The minimum Gasteiger partial charge on any atom is -0.376 e. The van der Waals surface area contributed by atoms with E-state index in [0.717, 1.165) is 12.8 Å². The van der Waals surface area contributed by atoms with Gasteiger partial charge in [-0.1, -0.05) is 13.8 Å². The molecule has 0 amide bonds. The maximum atomic E-state index is 5.50. The fraction of sp³-hybridized carbons (Fsp3) is 1.00. The molecule has 5 nitrogen and oxygen atoms in total. The zero-order valence-corrected chi connectivity index (χ0v) is 12.2. The molecule has 0 bridgehead atoms. The van der Waals surface area contributed by atoms with Crippen LogP contribution >= 0.6 is 0 Å². The highest BCUT2D eigenvalue weighted by Gasteiger charge is 2.47. The molecule has 1 N–H and O–H groups in total. The smallest absolute Gasteiger partial charge is 0.376 e. The normalized spacial score (nSPS) is 16.1. The lowest BCUT2D eigenvalue weighted by molar-refractivity contribution is -0.0409. The first-order valence-electron chi connectivity index (χ1n) is 5.66. The molecule has 16 heavy (non-hydrogen) atoms. The Kier molecular flexibility index (Phi) is 8.17. The van der Waals surface area contributed by atoms with Crippen LogP contribution in [0.5, 0.6) is 0 Å². The average molecular weight is 251 g/mol. The molecule has 0 saturated heterocycles. The number of hydrogen-bond acceptors (Lipinski definition) is 5. The maximum Gasteiger partial charge on any atom is 0.520 e. The van der Waals surface area contributed by atoms with Gasteiger partial charge >= 0.3 is 8.80 Å². The molecule has 2 unspecified atom stereocenters. The zero-order chi connectivity index (χ0) is 12.6. The van der Waals surface area contributed by atoms with Crippen LogP contribution in [0.4, 0.5) is 0 Å². The van der Waals surface area contributed by atoms with Crippen LogP contribution < -0.4 is 5.48 Å². The van der Waals surface area contributed by atoms with Crippen molar-refractivity contribution >= 4 is 8.80 Å². The number of rotatable bonds is 9. The Bertz CT molecular complexity index is 170. The minimum absolute atomic E-state index is 0.0542. The second-order valence-corrected chi connectivity index (χ2v) is 6.76. The first-order valence-corrected chi connectivity index (χ1v) is 7.46. The average Bonchev–Trinajstić information content (AvgIpc) is 2.34. The van der Waals surface area contributed by atoms with E-state index in [2.05, 4.69) is 12.4 Å². The first-order chi connectivity index (χ1) is 7.60. The van der Waals surface area contributed by atoms with Crippen LogP contribution in [0, 0.1) is 0 Å². The van der Waals surface area contributed by atoms with E-state index in [-0.39, 0.29) is 11.8 Å². The van der Waals surface area contributed by atoms with Crippen LogP contribution in [-0.4, -0.2) is 41.9 Å². The Hall–Kier alpha value is 0.0169. The second-order valence-electron chi connectivity index (χ2n) is 3.63. The molecule has 0 aromatic carbocycles. The van der Waals surface area contributed by atoms with Gasteiger partial charge in [0.25, 0.3) is 0 Å². The Morgan fingerprint density at radius 1 is 1.00 bits per heavy atom. The Morgan fingerprint density at radius 2 is 1.50 bits per heavy atom. The van der Waals surface area contributed by atoms with Gasteiger partial charge in [-0.15, -0.1) is 0 Å². The van der Waals surface area contributed by atoms with E-state index in [4.69, 9.17) is 18.1 Å². The van der Waals surface area contributed by atoms with E-state index in [0.29, 0.717) is 0 Å². The third-order valence-corrected chi connectivity index (χ3v) is 5.76. The van der Waals surface area contributed by atoms with Gasteiger partial charge in [0.1, 0.15) is 5.67 Å². The SMILES string of the molecule is CCC(C)ONC(CC)[Si](OC)(OC)OC. The monoisotopic (exact) mass is 251 g/mol. The zero-order valence-electron chi connectivity index (χ0n) is 11.2. The Morgan fingerprint density at radius 3 is 1.81 bits per heavy atom. The van der Waals surface area contributed by atoms with Crippen LogP contribution in [0.2, 0.25) is 0 Å². The summed E-state index contributed by atoms with van der Waals surface area (Å²) < 4.78 is 16.2. The quantitative estimate of drug-likeness (QED) is 0.497. The molecule has 0 radical (unpaired) electrons. The highest BCUT2D eigenvalue weighted by molar-refractivity contribution is 6.62. The molecule has 6 heteroatoms. The van der Waals surface area contributed by atoms with E-state index in [1.165, 1.54) is 0 Å². The van der Waals surface area contributed by atoms with Crippen molar-refractivity contribution in [3.63, 3.8) is 0 Å². The molecule has 0 aromatic heterocycles. The van der Waals surface area contributed by atoms with Gasteiger partial charge in [-0.25, -0.2) is 0 Å². The van der Waals surface area contributed by atoms with Gasteiger partial charge in [-0.2, -0.15) is 5.48 Å². The highest BCUT2D eigenvalue weighted by atomic mass is 28.4. The van der Waals surface area contributed by atoms with Crippen LogP contribution in [0.25, 0.3) is 0 Å². The van der Waals surface area contributed by atoms with Crippen molar-refractivity contribution in [2.45, 2.75) is 45.4 Å². The molecule has 0 rings (SSSR count). The largest absolute Gasteiger partial charge is 0.520 e. The predicted molar refractivity (Wildman–Crippen MR) is 64.8 cm³/mol. The van der Waals surface area contributed by atoms with Crippen molar-refractivity contribution in [1.29, 1.82) is 0 Å². The number of nitrogens with one attached hydrogen (secondary N) is 1. The molecular formula is C10H25NO4Si. The van der Waals surface area contributed by atoms with Gasteiger partial charge in [-0.3, -0.25) is 4.84 Å². The fourth-order valence-electron chi connectivity index (χ4n) is 1.36. The van der Waals surface area contributed by atoms with Crippen molar-refractivity contribution in [2.75, 3.05) is 21.3 Å². The van der Waals surface area contributed by atoms with Crippen LogP contribution in [-0.2, 0) is 18.1 Å². The van der Waals surface area contributed by atoms with Crippen LogP contribution in [0.1, 0.15) is 33.6 Å². The van der Waals surface area contributed by atoms with E-state index in [1.54, 1.807) is 21.3 Å². The number of hydroxylamine groups is 1. The van der Waals surface area contributed by atoms with E-state index >= 15 is 0 Å². The van der Waals surface area contributed by atoms with Gasteiger partial charge in [0.15, 0.2) is 0 Å². The molecule has 0 aromatic rings. The summed E-state index contributed by atoms with van der Waals surface area (Å²) in [7, 11) is 2.15. The molecule has 0 heterocycles. The maximum absolute atomic E-state index is 5.50. The molecule has 0 aliphatic rings. The van der Waals surface area contributed by atoms with Crippen molar-refractivity contribution < 1.29 is 18.1 Å². The summed E-state index contributed by atoms with van der Waals surface area (Å²) in [5, 5.41) is 0. The third kappa shape index (κ3) is 4.12. The highest BCUT2D eigenvalue weighted by Crippen LogP contribution is 2.15. The molecule has 0 spiro atoms. The molecule has 2 atom stereocenters. The topological polar surface area (TPSA) is 49.0 Å². The van der Waals surface area contributed by atoms with E-state index in [9.17, 15) is 0 Å². The van der Waals surface area contributed by atoms with Gasteiger partial charge in [0, 0.05) is 21.3 Å².